The summed E-state index contributed by atoms with van der Waals surface area (Å²) in [6, 6.07) is 10.4. The SMILES string of the molecule is CN(CC(=O)NC1CCCC1)C(c1ccc(F)cc1)c1cccnc1. The molecule has 5 heteroatoms. The summed E-state index contributed by atoms with van der Waals surface area (Å²) in [7, 11) is 1.91. The molecule has 132 valence electrons. The molecule has 1 aromatic carbocycles. The van der Waals surface area contributed by atoms with Crippen molar-refractivity contribution in [3.63, 3.8) is 0 Å². The van der Waals surface area contributed by atoms with E-state index in [2.05, 4.69) is 10.3 Å². The molecule has 0 radical (unpaired) electrons. The zero-order chi connectivity index (χ0) is 17.6. The third kappa shape index (κ3) is 4.63. The maximum atomic E-state index is 13.3. The van der Waals surface area contributed by atoms with E-state index in [0.717, 1.165) is 24.0 Å². The van der Waals surface area contributed by atoms with Gasteiger partial charge in [-0.25, -0.2) is 4.39 Å². The first-order valence-corrected chi connectivity index (χ1v) is 8.78. The molecule has 0 saturated heterocycles. The number of hydrogen-bond donors (Lipinski definition) is 1. The molecule has 0 spiro atoms. The van der Waals surface area contributed by atoms with Crippen molar-refractivity contribution in [2.75, 3.05) is 13.6 Å². The normalized spacial score (nSPS) is 16.1. The lowest BCUT2D eigenvalue weighted by atomic mass is 9.98. The lowest BCUT2D eigenvalue weighted by molar-refractivity contribution is -0.123. The van der Waals surface area contributed by atoms with E-state index in [0.29, 0.717) is 6.04 Å². The smallest absolute Gasteiger partial charge is 0.234 e. The lowest BCUT2D eigenvalue weighted by Crippen LogP contribution is -2.41. The van der Waals surface area contributed by atoms with Gasteiger partial charge in [-0.3, -0.25) is 14.7 Å². The molecule has 2 aromatic rings. The number of nitrogens with zero attached hydrogens (tertiary/aromatic N) is 2. The fourth-order valence-corrected chi connectivity index (χ4v) is 3.55. The molecule has 0 bridgehead atoms. The van der Waals surface area contributed by atoms with Crippen LogP contribution in [0.2, 0.25) is 0 Å². The van der Waals surface area contributed by atoms with Crippen LogP contribution in [0, 0.1) is 5.82 Å². The van der Waals surface area contributed by atoms with E-state index in [-0.39, 0.29) is 24.3 Å². The molecule has 1 N–H and O–H groups in total. The summed E-state index contributed by atoms with van der Waals surface area (Å²) < 4.78 is 13.3. The highest BCUT2D eigenvalue weighted by Crippen LogP contribution is 2.27. The predicted molar refractivity (Wildman–Crippen MR) is 95.5 cm³/mol. The van der Waals surface area contributed by atoms with Gasteiger partial charge in [0.25, 0.3) is 0 Å². The van der Waals surface area contributed by atoms with Crippen molar-refractivity contribution >= 4 is 5.91 Å². The number of rotatable bonds is 6. The molecule has 0 aliphatic heterocycles. The van der Waals surface area contributed by atoms with E-state index in [9.17, 15) is 9.18 Å². The van der Waals surface area contributed by atoms with E-state index in [1.807, 2.05) is 24.1 Å². The van der Waals surface area contributed by atoms with Gasteiger partial charge in [0.1, 0.15) is 5.82 Å². The number of halogens is 1. The second-order valence-corrected chi connectivity index (χ2v) is 6.70. The highest BCUT2D eigenvalue weighted by molar-refractivity contribution is 5.78. The van der Waals surface area contributed by atoms with Crippen molar-refractivity contribution in [3.05, 3.63) is 65.7 Å². The van der Waals surface area contributed by atoms with Gasteiger partial charge in [-0.1, -0.05) is 31.0 Å². The van der Waals surface area contributed by atoms with E-state index in [1.54, 1.807) is 24.5 Å². The average molecular weight is 341 g/mol. The number of nitrogens with one attached hydrogen (secondary N) is 1. The minimum absolute atomic E-state index is 0.0328. The second-order valence-electron chi connectivity index (χ2n) is 6.70. The molecule has 1 aromatic heterocycles. The van der Waals surface area contributed by atoms with Crippen LogP contribution in [-0.4, -0.2) is 35.4 Å². The Hall–Kier alpha value is -2.27. The molecule has 1 saturated carbocycles. The van der Waals surface area contributed by atoms with Gasteiger partial charge < -0.3 is 5.32 Å². The van der Waals surface area contributed by atoms with Gasteiger partial charge in [-0.05, 0) is 49.2 Å². The van der Waals surface area contributed by atoms with Gasteiger partial charge >= 0.3 is 0 Å². The largest absolute Gasteiger partial charge is 0.352 e. The van der Waals surface area contributed by atoms with Crippen LogP contribution in [0.5, 0.6) is 0 Å². The Labute approximate surface area is 148 Å². The van der Waals surface area contributed by atoms with Crippen molar-refractivity contribution in [2.45, 2.75) is 37.8 Å². The Morgan fingerprint density at radius 2 is 1.96 bits per heavy atom. The standard InChI is InChI=1S/C20H24FN3O/c1-24(14-19(25)23-18-6-2-3-7-18)20(16-5-4-12-22-13-16)15-8-10-17(21)11-9-15/h4-5,8-13,18,20H,2-3,6-7,14H2,1H3,(H,23,25). The Kier molecular flexibility index (Phi) is 5.76. The minimum atomic E-state index is -0.268. The van der Waals surface area contributed by atoms with Crippen molar-refractivity contribution < 1.29 is 9.18 Å². The summed E-state index contributed by atoms with van der Waals surface area (Å²) in [6.45, 7) is 0.285. The van der Waals surface area contributed by atoms with E-state index in [1.165, 1.54) is 25.0 Å². The Balaban J connectivity index is 1.76. The molecule has 4 nitrogen and oxygen atoms in total. The third-order valence-electron chi connectivity index (χ3n) is 4.74. The van der Waals surface area contributed by atoms with Crippen LogP contribution in [0.3, 0.4) is 0 Å². The van der Waals surface area contributed by atoms with Gasteiger partial charge in [0.05, 0.1) is 12.6 Å². The fourth-order valence-electron chi connectivity index (χ4n) is 3.55. The number of likely N-dealkylation sites (N-methyl/N-ethyl adjacent to an activating group) is 1. The molecule has 1 heterocycles. The van der Waals surface area contributed by atoms with Crippen LogP contribution < -0.4 is 5.32 Å². The molecule has 3 rings (SSSR count). The van der Waals surface area contributed by atoms with Gasteiger partial charge in [0.15, 0.2) is 0 Å². The number of aromatic nitrogens is 1. The molecule has 1 aliphatic carbocycles. The average Bonchev–Trinajstić information content (AvgIpc) is 3.10. The molecule has 1 amide bonds. The van der Waals surface area contributed by atoms with Gasteiger partial charge in [-0.15, -0.1) is 0 Å². The maximum Gasteiger partial charge on any atom is 0.234 e. The quantitative estimate of drug-likeness (QED) is 0.877. The first-order valence-electron chi connectivity index (χ1n) is 8.78. The zero-order valence-corrected chi connectivity index (χ0v) is 14.5. The van der Waals surface area contributed by atoms with Crippen LogP contribution in [-0.2, 0) is 4.79 Å². The lowest BCUT2D eigenvalue weighted by Gasteiger charge is -2.28. The number of benzene rings is 1. The molecule has 1 unspecified atom stereocenters. The third-order valence-corrected chi connectivity index (χ3v) is 4.74. The number of amides is 1. The van der Waals surface area contributed by atoms with E-state index in [4.69, 9.17) is 0 Å². The maximum absolute atomic E-state index is 13.3. The zero-order valence-electron chi connectivity index (χ0n) is 14.5. The highest BCUT2D eigenvalue weighted by Gasteiger charge is 2.23. The number of carbonyl (C=O) groups excluding carboxylic acids is 1. The summed E-state index contributed by atoms with van der Waals surface area (Å²) in [5.74, 6) is -0.235. The highest BCUT2D eigenvalue weighted by atomic mass is 19.1. The molecule has 25 heavy (non-hydrogen) atoms. The van der Waals surface area contributed by atoms with E-state index >= 15 is 0 Å². The second kappa shape index (κ2) is 8.21. The summed E-state index contributed by atoms with van der Waals surface area (Å²) in [5.41, 5.74) is 1.91. The number of carbonyl (C=O) groups is 1. The summed E-state index contributed by atoms with van der Waals surface area (Å²) in [4.78, 5) is 18.6. The van der Waals surface area contributed by atoms with Crippen LogP contribution in [0.25, 0.3) is 0 Å². The van der Waals surface area contributed by atoms with Crippen molar-refractivity contribution in [3.8, 4) is 0 Å². The molecule has 1 fully saturated rings. The summed E-state index contributed by atoms with van der Waals surface area (Å²) in [5, 5.41) is 3.12. The first-order chi connectivity index (χ1) is 12.1. The Morgan fingerprint density at radius 3 is 2.60 bits per heavy atom. The minimum Gasteiger partial charge on any atom is -0.352 e. The van der Waals surface area contributed by atoms with E-state index < -0.39 is 0 Å². The number of pyridine rings is 1. The predicted octanol–water partition coefficient (Wildman–Crippen LogP) is 3.30. The van der Waals surface area contributed by atoms with Crippen molar-refractivity contribution in [1.29, 1.82) is 0 Å². The van der Waals surface area contributed by atoms with Crippen molar-refractivity contribution in [2.24, 2.45) is 0 Å². The van der Waals surface area contributed by atoms with Gasteiger partial charge in [-0.2, -0.15) is 0 Å². The van der Waals surface area contributed by atoms with Crippen LogP contribution in [0.4, 0.5) is 4.39 Å². The molecular weight excluding hydrogens is 317 g/mol. The van der Waals surface area contributed by atoms with Gasteiger partial charge in [0.2, 0.25) is 5.91 Å². The Morgan fingerprint density at radius 1 is 1.24 bits per heavy atom. The van der Waals surface area contributed by atoms with Crippen LogP contribution >= 0.6 is 0 Å². The molecule has 1 aliphatic rings. The number of hydrogen-bond acceptors (Lipinski definition) is 3. The Bertz CT molecular complexity index is 684. The topological polar surface area (TPSA) is 45.2 Å². The first kappa shape index (κ1) is 17.5. The molecular formula is C20H24FN3O. The monoisotopic (exact) mass is 341 g/mol. The van der Waals surface area contributed by atoms with Gasteiger partial charge in [0, 0.05) is 18.4 Å². The van der Waals surface area contributed by atoms with Crippen LogP contribution in [0.15, 0.2) is 48.8 Å². The summed E-state index contributed by atoms with van der Waals surface area (Å²) in [6.07, 6.45) is 8.03. The van der Waals surface area contributed by atoms with Crippen LogP contribution in [0.1, 0.15) is 42.9 Å². The molecule has 1 atom stereocenters. The summed E-state index contributed by atoms with van der Waals surface area (Å²) >= 11 is 0. The van der Waals surface area contributed by atoms with Crippen molar-refractivity contribution in [1.82, 2.24) is 15.2 Å². The fraction of sp³-hybridized carbons (Fsp3) is 0.400.